The Labute approximate surface area is 127 Å². The molecule has 5 heteroatoms. The quantitative estimate of drug-likeness (QED) is 0.793. The zero-order valence-corrected chi connectivity index (χ0v) is 13.8. The van der Waals surface area contributed by atoms with Gasteiger partial charge in [0, 0.05) is 44.3 Å². The summed E-state index contributed by atoms with van der Waals surface area (Å²) in [6, 6.07) is 2.83. The van der Waals surface area contributed by atoms with E-state index in [2.05, 4.69) is 47.3 Å². The predicted octanol–water partition coefficient (Wildman–Crippen LogP) is 2.10. The van der Waals surface area contributed by atoms with Crippen LogP contribution < -0.4 is 5.32 Å². The molecule has 1 N–H and O–H groups in total. The Balaban J connectivity index is 1.88. The third-order valence-electron chi connectivity index (χ3n) is 4.23. The molecule has 2 aromatic rings. The number of hydrogen-bond acceptors (Lipinski definition) is 4. The lowest BCUT2D eigenvalue weighted by Gasteiger charge is -2.23. The van der Waals surface area contributed by atoms with E-state index >= 15 is 0 Å². The Kier molecular flexibility index (Phi) is 5.31. The van der Waals surface area contributed by atoms with Crippen LogP contribution in [0, 0.1) is 6.92 Å². The topological polar surface area (TPSA) is 46.0 Å². The Morgan fingerprint density at radius 3 is 2.90 bits per heavy atom. The number of rotatable bonds is 7. The summed E-state index contributed by atoms with van der Waals surface area (Å²) < 4.78 is 1.84. The third kappa shape index (κ3) is 3.80. The standard InChI is InChI=1S/C16H27N5/c1-6-12(2)20(4)8-7-17-10-14-9-15-13(3)19-21(5)16(15)18-11-14/h9,11-12,17H,6-8,10H2,1-5H3. The van der Waals surface area contributed by atoms with Gasteiger partial charge in [0.05, 0.1) is 5.69 Å². The van der Waals surface area contributed by atoms with Gasteiger partial charge >= 0.3 is 0 Å². The van der Waals surface area contributed by atoms with E-state index in [-0.39, 0.29) is 0 Å². The van der Waals surface area contributed by atoms with Crippen molar-refractivity contribution in [3.05, 3.63) is 23.5 Å². The van der Waals surface area contributed by atoms with Gasteiger partial charge in [-0.15, -0.1) is 0 Å². The van der Waals surface area contributed by atoms with Crippen LogP contribution in [0.25, 0.3) is 11.0 Å². The van der Waals surface area contributed by atoms with E-state index in [0.717, 1.165) is 36.4 Å². The summed E-state index contributed by atoms with van der Waals surface area (Å²) in [5, 5.41) is 9.05. The molecule has 5 nitrogen and oxygen atoms in total. The summed E-state index contributed by atoms with van der Waals surface area (Å²) in [5.41, 5.74) is 3.20. The highest BCUT2D eigenvalue weighted by molar-refractivity contribution is 5.78. The average Bonchev–Trinajstić information content (AvgIpc) is 2.77. The Morgan fingerprint density at radius 2 is 2.19 bits per heavy atom. The summed E-state index contributed by atoms with van der Waals surface area (Å²) in [7, 11) is 4.12. The van der Waals surface area contributed by atoms with Crippen LogP contribution in [0.15, 0.2) is 12.3 Å². The van der Waals surface area contributed by atoms with Crippen LogP contribution in [-0.2, 0) is 13.6 Å². The summed E-state index contributed by atoms with van der Waals surface area (Å²) in [5.74, 6) is 0. The van der Waals surface area contributed by atoms with Crippen molar-refractivity contribution in [2.45, 2.75) is 39.8 Å². The largest absolute Gasteiger partial charge is 0.311 e. The van der Waals surface area contributed by atoms with Crippen molar-refractivity contribution in [3.8, 4) is 0 Å². The molecule has 0 aliphatic rings. The van der Waals surface area contributed by atoms with Crippen LogP contribution in [0.3, 0.4) is 0 Å². The number of hydrogen-bond donors (Lipinski definition) is 1. The molecule has 0 radical (unpaired) electrons. The van der Waals surface area contributed by atoms with Gasteiger partial charge in [0.25, 0.3) is 0 Å². The van der Waals surface area contributed by atoms with Crippen LogP contribution in [0.1, 0.15) is 31.5 Å². The second kappa shape index (κ2) is 7.00. The zero-order valence-electron chi connectivity index (χ0n) is 13.8. The fourth-order valence-electron chi connectivity index (χ4n) is 2.47. The molecule has 116 valence electrons. The van der Waals surface area contributed by atoms with Crippen molar-refractivity contribution in [3.63, 3.8) is 0 Å². The van der Waals surface area contributed by atoms with Crippen molar-refractivity contribution >= 4 is 11.0 Å². The maximum atomic E-state index is 4.51. The SMILES string of the molecule is CCC(C)N(C)CCNCc1cnc2c(c1)c(C)nn2C. The van der Waals surface area contributed by atoms with Crippen LogP contribution >= 0.6 is 0 Å². The van der Waals surface area contributed by atoms with Gasteiger partial charge in [-0.3, -0.25) is 4.68 Å². The van der Waals surface area contributed by atoms with Crippen molar-refractivity contribution in [2.24, 2.45) is 7.05 Å². The first kappa shape index (κ1) is 15.9. The van der Waals surface area contributed by atoms with Crippen LogP contribution in [0.2, 0.25) is 0 Å². The molecule has 0 amide bonds. The lowest BCUT2D eigenvalue weighted by Crippen LogP contribution is -2.34. The number of nitrogens with one attached hydrogen (secondary N) is 1. The highest BCUT2D eigenvalue weighted by Crippen LogP contribution is 2.16. The van der Waals surface area contributed by atoms with Gasteiger partial charge in [-0.05, 0) is 38.9 Å². The first-order chi connectivity index (χ1) is 10.0. The lowest BCUT2D eigenvalue weighted by molar-refractivity contribution is 0.251. The molecular weight excluding hydrogens is 262 g/mol. The molecule has 2 aromatic heterocycles. The Bertz CT molecular complexity index is 590. The molecule has 0 aromatic carbocycles. The minimum absolute atomic E-state index is 0.642. The molecule has 0 saturated heterocycles. The fraction of sp³-hybridized carbons (Fsp3) is 0.625. The molecule has 21 heavy (non-hydrogen) atoms. The number of pyridine rings is 1. The van der Waals surface area contributed by atoms with Gasteiger partial charge in [0.1, 0.15) is 0 Å². The maximum absolute atomic E-state index is 4.51. The summed E-state index contributed by atoms with van der Waals surface area (Å²) in [4.78, 5) is 6.90. The van der Waals surface area contributed by atoms with E-state index < -0.39 is 0 Å². The van der Waals surface area contributed by atoms with E-state index in [9.17, 15) is 0 Å². The molecule has 0 aliphatic heterocycles. The Hall–Kier alpha value is -1.46. The summed E-state index contributed by atoms with van der Waals surface area (Å²) in [6.45, 7) is 9.43. The summed E-state index contributed by atoms with van der Waals surface area (Å²) in [6.07, 6.45) is 3.13. The number of nitrogens with zero attached hydrogens (tertiary/aromatic N) is 4. The second-order valence-electron chi connectivity index (χ2n) is 5.84. The van der Waals surface area contributed by atoms with Gasteiger partial charge in [0.15, 0.2) is 5.65 Å². The molecule has 0 fully saturated rings. The normalized spacial score (nSPS) is 13.2. The van der Waals surface area contributed by atoms with E-state index in [4.69, 9.17) is 0 Å². The van der Waals surface area contributed by atoms with E-state index in [0.29, 0.717) is 6.04 Å². The molecule has 0 bridgehead atoms. The minimum Gasteiger partial charge on any atom is -0.311 e. The fourth-order valence-corrected chi connectivity index (χ4v) is 2.47. The van der Waals surface area contributed by atoms with Crippen LogP contribution in [-0.4, -0.2) is 45.8 Å². The predicted molar refractivity (Wildman–Crippen MR) is 87.3 cm³/mol. The first-order valence-electron chi connectivity index (χ1n) is 7.72. The van der Waals surface area contributed by atoms with Crippen LogP contribution in [0.4, 0.5) is 0 Å². The molecule has 2 heterocycles. The van der Waals surface area contributed by atoms with Crippen LogP contribution in [0.5, 0.6) is 0 Å². The molecule has 0 aliphatic carbocycles. The first-order valence-corrected chi connectivity index (χ1v) is 7.72. The van der Waals surface area contributed by atoms with Crippen molar-refractivity contribution < 1.29 is 0 Å². The van der Waals surface area contributed by atoms with Crippen molar-refractivity contribution in [2.75, 3.05) is 20.1 Å². The van der Waals surface area contributed by atoms with Gasteiger partial charge < -0.3 is 10.2 Å². The van der Waals surface area contributed by atoms with Gasteiger partial charge in [-0.25, -0.2) is 4.98 Å². The molecule has 2 rings (SSSR count). The highest BCUT2D eigenvalue weighted by atomic mass is 15.3. The van der Waals surface area contributed by atoms with Crippen molar-refractivity contribution in [1.29, 1.82) is 0 Å². The molecule has 1 atom stereocenters. The third-order valence-corrected chi connectivity index (χ3v) is 4.23. The zero-order chi connectivity index (χ0) is 15.4. The number of aryl methyl sites for hydroxylation is 2. The van der Waals surface area contributed by atoms with Gasteiger partial charge in [-0.1, -0.05) is 6.92 Å². The van der Waals surface area contributed by atoms with E-state index in [1.807, 2.05) is 24.9 Å². The van der Waals surface area contributed by atoms with Gasteiger partial charge in [0.2, 0.25) is 0 Å². The molecule has 1 unspecified atom stereocenters. The molecule has 0 saturated carbocycles. The number of likely N-dealkylation sites (N-methyl/N-ethyl adjacent to an activating group) is 1. The van der Waals surface area contributed by atoms with E-state index in [1.165, 1.54) is 12.0 Å². The van der Waals surface area contributed by atoms with Gasteiger partial charge in [-0.2, -0.15) is 5.10 Å². The minimum atomic E-state index is 0.642. The average molecular weight is 289 g/mol. The maximum Gasteiger partial charge on any atom is 0.157 e. The lowest BCUT2D eigenvalue weighted by atomic mass is 10.2. The Morgan fingerprint density at radius 1 is 1.43 bits per heavy atom. The molecular formula is C16H27N5. The highest BCUT2D eigenvalue weighted by Gasteiger charge is 2.08. The second-order valence-corrected chi connectivity index (χ2v) is 5.84. The monoisotopic (exact) mass is 289 g/mol. The smallest absolute Gasteiger partial charge is 0.157 e. The number of aromatic nitrogens is 3. The summed E-state index contributed by atoms with van der Waals surface area (Å²) >= 11 is 0. The molecule has 0 spiro atoms. The van der Waals surface area contributed by atoms with E-state index in [1.54, 1.807) is 0 Å². The number of fused-ring (bicyclic) bond motifs is 1. The van der Waals surface area contributed by atoms with Crippen molar-refractivity contribution in [1.82, 2.24) is 25.0 Å².